The average molecular weight is 416 g/mol. The fourth-order valence-corrected chi connectivity index (χ4v) is 3.70. The van der Waals surface area contributed by atoms with Crippen LogP contribution in [-0.4, -0.2) is 24.3 Å². The molecule has 1 unspecified atom stereocenters. The predicted molar refractivity (Wildman–Crippen MR) is 124 cm³/mol. The van der Waals surface area contributed by atoms with Gasteiger partial charge in [0.15, 0.2) is 5.66 Å². The fraction of sp³-hybridized carbons (Fsp3) is 0.120. The first-order valence-corrected chi connectivity index (χ1v) is 10.1. The smallest absolute Gasteiger partial charge is 0.269 e. The third-order valence-electron chi connectivity index (χ3n) is 5.16. The molecule has 1 heterocycles. The molecule has 2 N–H and O–H groups in total. The van der Waals surface area contributed by atoms with Crippen LogP contribution in [0.1, 0.15) is 23.1 Å². The normalized spacial score (nSPS) is 18.8. The summed E-state index contributed by atoms with van der Waals surface area (Å²) in [5.41, 5.74) is 9.51. The lowest BCUT2D eigenvalue weighted by Gasteiger charge is -2.26. The van der Waals surface area contributed by atoms with Gasteiger partial charge in [-0.3, -0.25) is 15.5 Å². The van der Waals surface area contributed by atoms with Gasteiger partial charge in [0.25, 0.3) is 5.91 Å². The second-order valence-electron chi connectivity index (χ2n) is 7.29. The second-order valence-corrected chi connectivity index (χ2v) is 7.73. The van der Waals surface area contributed by atoms with Gasteiger partial charge in [0, 0.05) is 29.6 Å². The maximum atomic E-state index is 13.3. The van der Waals surface area contributed by atoms with Crippen molar-refractivity contribution in [3.05, 3.63) is 107 Å². The number of halogens is 1. The molecule has 0 aromatic heterocycles. The van der Waals surface area contributed by atoms with Gasteiger partial charge in [0.1, 0.15) is 0 Å². The maximum Gasteiger partial charge on any atom is 0.269 e. The molecule has 150 valence electrons. The molecular weight excluding hydrogens is 394 g/mol. The lowest BCUT2D eigenvalue weighted by atomic mass is 10.00. The molecule has 3 aromatic rings. The fourth-order valence-electron chi connectivity index (χ4n) is 3.57. The zero-order chi connectivity index (χ0) is 21.1. The Morgan fingerprint density at radius 3 is 2.40 bits per heavy atom. The van der Waals surface area contributed by atoms with Crippen molar-refractivity contribution >= 4 is 35.0 Å². The number of nitrogens with two attached hydrogens (primary N) is 1. The minimum Gasteiger partial charge on any atom is -0.312 e. The van der Waals surface area contributed by atoms with Gasteiger partial charge in [-0.05, 0) is 23.8 Å². The van der Waals surface area contributed by atoms with Crippen molar-refractivity contribution in [2.45, 2.75) is 12.1 Å². The van der Waals surface area contributed by atoms with Gasteiger partial charge in [-0.1, -0.05) is 84.4 Å². The number of para-hydroxylation sites is 1. The Balaban J connectivity index is 1.76. The summed E-state index contributed by atoms with van der Waals surface area (Å²) in [5, 5.41) is 0.679. The number of likely N-dealkylation sites (N-methyl/N-ethyl adjacent to an activating group) is 1. The van der Waals surface area contributed by atoms with Crippen molar-refractivity contribution in [2.24, 2.45) is 10.7 Å². The molecular formula is C25H22ClN3O. The van der Waals surface area contributed by atoms with E-state index in [9.17, 15) is 4.79 Å². The zero-order valence-corrected chi connectivity index (χ0v) is 17.4. The van der Waals surface area contributed by atoms with Crippen LogP contribution in [0.25, 0.3) is 6.08 Å². The lowest BCUT2D eigenvalue weighted by molar-refractivity contribution is -0.123. The Bertz CT molecular complexity index is 1120. The summed E-state index contributed by atoms with van der Waals surface area (Å²) in [4.78, 5) is 19.8. The van der Waals surface area contributed by atoms with Crippen LogP contribution in [0, 0.1) is 0 Å². The zero-order valence-electron chi connectivity index (χ0n) is 16.6. The Kier molecular flexibility index (Phi) is 5.53. The SMILES string of the molecule is CN1C(=O)C(N)(CC=Cc2ccc(Cl)cc2)N=C(c2ccccc2)c2ccccc21. The minimum atomic E-state index is -1.41. The molecule has 0 aliphatic carbocycles. The summed E-state index contributed by atoms with van der Waals surface area (Å²) in [6.45, 7) is 0. The Hall–Kier alpha value is -3.21. The summed E-state index contributed by atoms with van der Waals surface area (Å²) < 4.78 is 0. The quantitative estimate of drug-likeness (QED) is 0.658. The van der Waals surface area contributed by atoms with Crippen LogP contribution in [0.2, 0.25) is 5.02 Å². The molecule has 4 nitrogen and oxygen atoms in total. The van der Waals surface area contributed by atoms with Crippen LogP contribution in [0.15, 0.2) is 89.9 Å². The summed E-state index contributed by atoms with van der Waals surface area (Å²) in [5.74, 6) is -0.248. The van der Waals surface area contributed by atoms with Crippen LogP contribution in [-0.2, 0) is 4.79 Å². The molecule has 3 aromatic carbocycles. The second kappa shape index (κ2) is 8.27. The van der Waals surface area contributed by atoms with Gasteiger partial charge in [-0.2, -0.15) is 0 Å². The molecule has 0 saturated carbocycles. The van der Waals surface area contributed by atoms with Gasteiger partial charge >= 0.3 is 0 Å². The van der Waals surface area contributed by atoms with Crippen molar-refractivity contribution in [3.63, 3.8) is 0 Å². The van der Waals surface area contributed by atoms with Crippen LogP contribution >= 0.6 is 11.6 Å². The van der Waals surface area contributed by atoms with Crippen LogP contribution < -0.4 is 10.6 Å². The van der Waals surface area contributed by atoms with E-state index in [4.69, 9.17) is 22.3 Å². The van der Waals surface area contributed by atoms with Crippen molar-refractivity contribution in [1.29, 1.82) is 0 Å². The van der Waals surface area contributed by atoms with E-state index in [-0.39, 0.29) is 12.3 Å². The van der Waals surface area contributed by atoms with Gasteiger partial charge in [-0.25, -0.2) is 0 Å². The highest BCUT2D eigenvalue weighted by atomic mass is 35.5. The van der Waals surface area contributed by atoms with Crippen LogP contribution in [0.4, 0.5) is 5.69 Å². The number of carbonyl (C=O) groups is 1. The maximum absolute atomic E-state index is 13.3. The van der Waals surface area contributed by atoms with Crippen LogP contribution in [0.5, 0.6) is 0 Å². The summed E-state index contributed by atoms with van der Waals surface area (Å²) in [6.07, 6.45) is 4.08. The van der Waals surface area contributed by atoms with E-state index in [1.54, 1.807) is 11.9 Å². The Morgan fingerprint density at radius 1 is 1.00 bits per heavy atom. The highest BCUT2D eigenvalue weighted by Crippen LogP contribution is 2.31. The van der Waals surface area contributed by atoms with Crippen molar-refractivity contribution < 1.29 is 4.79 Å². The molecule has 0 saturated heterocycles. The van der Waals surface area contributed by atoms with E-state index in [0.717, 1.165) is 22.4 Å². The average Bonchev–Trinajstić information content (AvgIpc) is 2.86. The number of benzodiazepines with no additional fused rings is 1. The number of anilines is 1. The van der Waals surface area contributed by atoms with Crippen LogP contribution in [0.3, 0.4) is 0 Å². The van der Waals surface area contributed by atoms with Gasteiger partial charge in [0.2, 0.25) is 0 Å². The molecule has 1 aliphatic heterocycles. The highest BCUT2D eigenvalue weighted by Gasteiger charge is 2.39. The number of rotatable bonds is 4. The third kappa shape index (κ3) is 3.92. The number of fused-ring (bicyclic) bond motifs is 1. The standard InChI is InChI=1S/C25H22ClN3O/c1-29-22-12-6-5-11-21(22)23(19-9-3-2-4-10-19)28-25(27,24(29)30)17-7-8-18-13-15-20(26)16-14-18/h2-16H,17,27H2,1H3. The molecule has 0 bridgehead atoms. The summed E-state index contributed by atoms with van der Waals surface area (Å²) >= 11 is 5.95. The topological polar surface area (TPSA) is 58.7 Å². The first-order valence-electron chi connectivity index (χ1n) is 9.72. The molecule has 0 radical (unpaired) electrons. The van der Waals surface area contributed by atoms with E-state index in [1.165, 1.54) is 0 Å². The first kappa shape index (κ1) is 20.1. The Labute approximate surface area is 181 Å². The molecule has 4 rings (SSSR count). The van der Waals surface area contributed by atoms with Gasteiger partial charge < -0.3 is 4.90 Å². The highest BCUT2D eigenvalue weighted by molar-refractivity contribution is 6.30. The van der Waals surface area contributed by atoms with E-state index >= 15 is 0 Å². The third-order valence-corrected chi connectivity index (χ3v) is 5.42. The van der Waals surface area contributed by atoms with Gasteiger partial charge in [-0.15, -0.1) is 0 Å². The lowest BCUT2D eigenvalue weighted by Crippen LogP contribution is -2.52. The largest absolute Gasteiger partial charge is 0.312 e. The predicted octanol–water partition coefficient (Wildman–Crippen LogP) is 4.91. The minimum absolute atomic E-state index is 0.248. The summed E-state index contributed by atoms with van der Waals surface area (Å²) in [6, 6.07) is 25.0. The van der Waals surface area contributed by atoms with E-state index < -0.39 is 5.66 Å². The number of nitrogens with zero attached hydrogens (tertiary/aromatic N) is 2. The molecule has 1 atom stereocenters. The number of aliphatic imine (C=N–C) groups is 1. The first-order chi connectivity index (χ1) is 14.5. The number of hydrogen-bond acceptors (Lipinski definition) is 3. The van der Waals surface area contributed by atoms with Gasteiger partial charge in [0.05, 0.1) is 11.4 Å². The molecule has 0 spiro atoms. The monoisotopic (exact) mass is 415 g/mol. The van der Waals surface area contributed by atoms with E-state index in [0.29, 0.717) is 10.7 Å². The molecule has 30 heavy (non-hydrogen) atoms. The molecule has 5 heteroatoms. The Morgan fingerprint density at radius 2 is 1.67 bits per heavy atom. The molecule has 0 fully saturated rings. The number of carbonyl (C=O) groups excluding carboxylic acids is 1. The van der Waals surface area contributed by atoms with Crippen molar-refractivity contribution in [2.75, 3.05) is 11.9 Å². The molecule has 1 aliphatic rings. The number of amides is 1. The van der Waals surface area contributed by atoms with E-state index in [2.05, 4.69) is 0 Å². The van der Waals surface area contributed by atoms with Crippen molar-refractivity contribution in [3.8, 4) is 0 Å². The van der Waals surface area contributed by atoms with Crippen molar-refractivity contribution in [1.82, 2.24) is 0 Å². The number of hydrogen-bond donors (Lipinski definition) is 1. The molecule has 1 amide bonds. The van der Waals surface area contributed by atoms with E-state index in [1.807, 2.05) is 91.0 Å². The number of benzene rings is 3. The summed E-state index contributed by atoms with van der Waals surface area (Å²) in [7, 11) is 1.75.